The smallest absolute Gasteiger partial charge is 0.650 e. The van der Waals surface area contributed by atoms with Gasteiger partial charge in [-0.3, -0.25) is 0 Å². The van der Waals surface area contributed by atoms with E-state index in [0.717, 1.165) is 38.5 Å². The van der Waals surface area contributed by atoms with Crippen LogP contribution in [0.15, 0.2) is 0 Å². The van der Waals surface area contributed by atoms with Crippen molar-refractivity contribution in [3.05, 3.63) is 0 Å². The van der Waals surface area contributed by atoms with E-state index in [4.69, 9.17) is 4.74 Å². The van der Waals surface area contributed by atoms with E-state index < -0.39 is 12.3 Å². The summed E-state index contributed by atoms with van der Waals surface area (Å²) in [6, 6.07) is 0.424. The first kappa shape index (κ1) is 22.0. The van der Waals surface area contributed by atoms with E-state index in [1.165, 1.54) is 6.42 Å². The quantitative estimate of drug-likeness (QED) is 0.579. The minimum Gasteiger partial charge on any atom is -0.650 e. The molecular formula is C21H32F2NNaO2. The third-order valence-electron chi connectivity index (χ3n) is 8.05. The van der Waals surface area contributed by atoms with Crippen LogP contribution in [0, 0.1) is 29.6 Å². The van der Waals surface area contributed by atoms with Crippen molar-refractivity contribution in [1.82, 2.24) is 5.32 Å². The van der Waals surface area contributed by atoms with Crippen LogP contribution in [0.1, 0.15) is 64.7 Å². The summed E-state index contributed by atoms with van der Waals surface area (Å²) in [5.41, 5.74) is 0. The van der Waals surface area contributed by atoms with Crippen molar-refractivity contribution in [2.75, 3.05) is 0 Å². The third-order valence-corrected chi connectivity index (χ3v) is 8.05. The number of carbonyl (C=O) groups excluding carboxylic acids is 1. The Morgan fingerprint density at radius 1 is 0.963 bits per heavy atom. The van der Waals surface area contributed by atoms with E-state index in [-0.39, 0.29) is 65.5 Å². The molecule has 0 amide bonds. The van der Waals surface area contributed by atoms with Gasteiger partial charge in [0.2, 0.25) is 0 Å². The van der Waals surface area contributed by atoms with Crippen molar-refractivity contribution in [2.45, 2.75) is 95.2 Å². The number of halogens is 2. The van der Waals surface area contributed by atoms with Gasteiger partial charge in [0, 0.05) is 23.9 Å². The molecule has 10 unspecified atom stereocenters. The molecular weight excluding hydrogens is 359 g/mol. The molecule has 0 bridgehead atoms. The van der Waals surface area contributed by atoms with Crippen molar-refractivity contribution in [3.8, 4) is 0 Å². The number of alkyl halides is 2. The molecule has 1 N–H and O–H groups in total. The number of hydrogen-bond acceptors (Lipinski definition) is 3. The van der Waals surface area contributed by atoms with E-state index in [2.05, 4.69) is 12.2 Å². The summed E-state index contributed by atoms with van der Waals surface area (Å²) in [4.78, 5) is 11.0. The van der Waals surface area contributed by atoms with Gasteiger partial charge in [-0.25, -0.2) is 8.78 Å². The fourth-order valence-electron chi connectivity index (χ4n) is 6.75. The van der Waals surface area contributed by atoms with Crippen molar-refractivity contribution in [3.63, 3.8) is 0 Å². The Morgan fingerprint density at radius 3 is 2.52 bits per heavy atom. The number of ether oxygens (including phenoxy) is 1. The zero-order valence-corrected chi connectivity index (χ0v) is 18.7. The number of fused-ring (bicyclic) bond motifs is 2. The van der Waals surface area contributed by atoms with Crippen LogP contribution in [0.4, 0.5) is 8.78 Å². The van der Waals surface area contributed by atoms with Gasteiger partial charge in [-0.1, -0.05) is 19.8 Å². The Hall–Kier alpha value is 0.290. The second-order valence-electron chi connectivity index (χ2n) is 9.34. The fraction of sp³-hybridized carbons (Fsp3) is 0.952. The predicted molar refractivity (Wildman–Crippen MR) is 95.7 cm³/mol. The van der Waals surface area contributed by atoms with Gasteiger partial charge in [0.25, 0.3) is 0 Å². The minimum absolute atomic E-state index is 0. The Balaban J connectivity index is 0.00000210. The molecule has 27 heavy (non-hydrogen) atoms. The first-order valence-corrected chi connectivity index (χ1v) is 10.7. The van der Waals surface area contributed by atoms with Crippen molar-refractivity contribution in [2.24, 2.45) is 29.6 Å². The molecule has 3 aliphatic carbocycles. The molecule has 0 spiro atoms. The summed E-state index contributed by atoms with van der Waals surface area (Å²) in [5, 5.41) is 3.80. The molecule has 0 radical (unpaired) electrons. The molecule has 4 aliphatic rings. The third kappa shape index (κ3) is 4.41. The molecule has 3 nitrogen and oxygen atoms in total. The standard InChI is InChI=1S/C21H32F2NO2.Na/c1-12-20(14-6-5-13-3-2-4-18(23)16(13)9-14)24-19-8-7-15(22)10-17(19)21(12)26-11-25;/h12-21,24H,2-10H2,1H3;/q-1;+1. The number of nitrogens with one attached hydrogen (secondary N) is 1. The zero-order valence-electron chi connectivity index (χ0n) is 16.7. The summed E-state index contributed by atoms with van der Waals surface area (Å²) in [6.07, 6.45) is 6.21. The predicted octanol–water partition coefficient (Wildman–Crippen LogP) is 1.11. The monoisotopic (exact) mass is 391 g/mol. The van der Waals surface area contributed by atoms with Crippen molar-refractivity contribution >= 4 is 6.47 Å². The maximum atomic E-state index is 14.5. The van der Waals surface area contributed by atoms with Gasteiger partial charge < -0.3 is 14.8 Å². The van der Waals surface area contributed by atoms with Crippen LogP contribution < -0.4 is 34.9 Å². The maximum absolute atomic E-state index is 14.5. The van der Waals surface area contributed by atoms with Gasteiger partial charge in [-0.2, -0.15) is 0 Å². The topological polar surface area (TPSA) is 38.3 Å². The van der Waals surface area contributed by atoms with Gasteiger partial charge >= 0.3 is 29.6 Å². The van der Waals surface area contributed by atoms with Crippen LogP contribution in [0.25, 0.3) is 0 Å². The molecule has 0 aromatic carbocycles. The largest absolute Gasteiger partial charge is 1.00 e. The molecule has 0 aromatic heterocycles. The van der Waals surface area contributed by atoms with Gasteiger partial charge in [-0.05, 0) is 69.1 Å². The first-order chi connectivity index (χ1) is 12.6. The molecule has 3 saturated carbocycles. The van der Waals surface area contributed by atoms with Crippen LogP contribution in [0.2, 0.25) is 0 Å². The molecule has 6 heteroatoms. The summed E-state index contributed by atoms with van der Waals surface area (Å²) in [6.45, 7) is 3.74. The van der Waals surface area contributed by atoms with Gasteiger partial charge in [0.05, 0.1) is 6.10 Å². The molecule has 0 aromatic rings. The van der Waals surface area contributed by atoms with E-state index >= 15 is 0 Å². The Kier molecular flexibility index (Phi) is 7.66. The molecule has 1 aliphatic heterocycles. The average molecular weight is 391 g/mol. The van der Waals surface area contributed by atoms with Crippen LogP contribution in [0.5, 0.6) is 0 Å². The molecule has 4 fully saturated rings. The Labute approximate surface area is 184 Å². The normalized spacial score (nSPS) is 49.9. The number of rotatable bonds is 3. The molecule has 1 heterocycles. The van der Waals surface area contributed by atoms with E-state index in [0.29, 0.717) is 24.7 Å². The van der Waals surface area contributed by atoms with Gasteiger partial charge in [0.1, 0.15) is 12.3 Å². The van der Waals surface area contributed by atoms with Crippen LogP contribution in [0.3, 0.4) is 0 Å². The zero-order chi connectivity index (χ0) is 18.3. The summed E-state index contributed by atoms with van der Waals surface area (Å²) < 4.78 is 33.9. The number of piperidine rings is 1. The summed E-state index contributed by atoms with van der Waals surface area (Å²) in [7, 11) is 0. The van der Waals surface area contributed by atoms with E-state index in [9.17, 15) is 13.6 Å². The Morgan fingerprint density at radius 2 is 1.74 bits per heavy atom. The molecule has 10 atom stereocenters. The SMILES string of the molecule is CC1C(C2CCC3CCCC(F)C3C2)NC2CCC(F)CC2C1O[C-]=O.[Na+]. The van der Waals surface area contributed by atoms with Crippen molar-refractivity contribution < 1.29 is 47.9 Å². The number of hydrogen-bond donors (Lipinski definition) is 1. The molecule has 148 valence electrons. The fourth-order valence-corrected chi connectivity index (χ4v) is 6.75. The first-order valence-electron chi connectivity index (χ1n) is 10.7. The summed E-state index contributed by atoms with van der Waals surface area (Å²) in [5.74, 6) is 1.33. The second kappa shape index (κ2) is 9.40. The Bertz CT molecular complexity index is 511. The van der Waals surface area contributed by atoms with Crippen LogP contribution in [-0.2, 0) is 9.53 Å². The summed E-state index contributed by atoms with van der Waals surface area (Å²) >= 11 is 0. The van der Waals surface area contributed by atoms with Crippen LogP contribution >= 0.6 is 0 Å². The van der Waals surface area contributed by atoms with E-state index in [1.54, 1.807) is 6.47 Å². The average Bonchev–Trinajstić information content (AvgIpc) is 2.64. The minimum atomic E-state index is -0.801. The second-order valence-corrected chi connectivity index (χ2v) is 9.34. The molecule has 1 saturated heterocycles. The molecule has 4 rings (SSSR count). The van der Waals surface area contributed by atoms with E-state index in [1.807, 2.05) is 0 Å². The van der Waals surface area contributed by atoms with Crippen molar-refractivity contribution in [1.29, 1.82) is 0 Å². The van der Waals surface area contributed by atoms with Gasteiger partial charge in [-0.15, -0.1) is 0 Å². The van der Waals surface area contributed by atoms with Crippen LogP contribution in [-0.4, -0.2) is 37.0 Å². The van der Waals surface area contributed by atoms with Gasteiger partial charge in [0.15, 0.2) is 0 Å². The maximum Gasteiger partial charge on any atom is 1.00 e.